The number of carboxylic acid groups (broad SMARTS) is 1. The maximum Gasteiger partial charge on any atom is 0.326 e. The lowest BCUT2D eigenvalue weighted by atomic mass is 10.0. The lowest BCUT2D eigenvalue weighted by Crippen LogP contribution is -2.58. The van der Waals surface area contributed by atoms with Gasteiger partial charge in [-0.3, -0.25) is 14.4 Å². The van der Waals surface area contributed by atoms with Gasteiger partial charge in [-0.2, -0.15) is 37.0 Å². The monoisotopic (exact) mass is 454 g/mol. The van der Waals surface area contributed by atoms with Gasteiger partial charge in [0.25, 0.3) is 0 Å². The summed E-state index contributed by atoms with van der Waals surface area (Å²) < 4.78 is 0. The van der Waals surface area contributed by atoms with Crippen molar-refractivity contribution < 1.29 is 24.3 Å². The average molecular weight is 455 g/mol. The van der Waals surface area contributed by atoms with Crippen molar-refractivity contribution in [1.29, 1.82) is 0 Å². The summed E-state index contributed by atoms with van der Waals surface area (Å²) in [6.07, 6.45) is 2.08. The summed E-state index contributed by atoms with van der Waals surface area (Å²) in [5.74, 6) is -2.58. The first-order valence-corrected chi connectivity index (χ1v) is 11.3. The molecule has 9 nitrogen and oxygen atoms in total. The molecule has 0 rings (SSSR count). The second-order valence-electron chi connectivity index (χ2n) is 6.44. The Hall–Kier alpha value is -1.11. The van der Waals surface area contributed by atoms with Crippen molar-refractivity contribution >= 4 is 60.7 Å². The molecular weight excluding hydrogens is 424 g/mol. The Balaban J connectivity index is 4.95. The highest BCUT2D eigenvalue weighted by Gasteiger charge is 2.29. The Morgan fingerprint density at radius 2 is 1.36 bits per heavy atom. The molecule has 0 aromatic carbocycles. The molecule has 0 spiro atoms. The van der Waals surface area contributed by atoms with Gasteiger partial charge in [0.15, 0.2) is 0 Å². The smallest absolute Gasteiger partial charge is 0.326 e. The van der Waals surface area contributed by atoms with E-state index in [1.54, 1.807) is 13.8 Å². The molecule has 4 atom stereocenters. The van der Waals surface area contributed by atoms with Crippen LogP contribution in [0.3, 0.4) is 0 Å². The molecule has 3 amide bonds. The quantitative estimate of drug-likeness (QED) is 0.179. The maximum absolute atomic E-state index is 12.4. The van der Waals surface area contributed by atoms with Gasteiger partial charge in [-0.05, 0) is 24.3 Å². The van der Waals surface area contributed by atoms with Crippen LogP contribution >= 0.6 is 37.0 Å². The minimum absolute atomic E-state index is 0.00519. The summed E-state index contributed by atoms with van der Waals surface area (Å²) in [6.45, 7) is 3.55. The molecule has 0 radical (unpaired) electrons. The Morgan fingerprint density at radius 1 is 0.929 bits per heavy atom. The number of amides is 3. The summed E-state index contributed by atoms with van der Waals surface area (Å²) in [4.78, 5) is 48.1. The SMILES string of the molecule is CSCCC(NC(=O)C(CS)NC(=O)C(CS)NC(=O)C(N)C(C)C)C(=O)O. The first kappa shape index (κ1) is 26.9. The number of rotatable bonds is 13. The topological polar surface area (TPSA) is 151 Å². The number of nitrogens with one attached hydrogen (secondary N) is 3. The highest BCUT2D eigenvalue weighted by atomic mass is 32.2. The van der Waals surface area contributed by atoms with Gasteiger partial charge in [0, 0.05) is 11.5 Å². The van der Waals surface area contributed by atoms with Crippen LogP contribution in [-0.4, -0.2) is 76.5 Å². The molecule has 28 heavy (non-hydrogen) atoms. The van der Waals surface area contributed by atoms with Crippen LogP contribution in [0.4, 0.5) is 0 Å². The second kappa shape index (κ2) is 14.0. The third-order valence-corrected chi connectivity index (χ3v) is 5.25. The Bertz CT molecular complexity index is 550. The third-order valence-electron chi connectivity index (χ3n) is 3.88. The van der Waals surface area contributed by atoms with Crippen molar-refractivity contribution in [2.45, 2.75) is 44.4 Å². The van der Waals surface area contributed by atoms with Crippen LogP contribution in [0.2, 0.25) is 0 Å². The molecule has 0 aliphatic heterocycles. The van der Waals surface area contributed by atoms with Gasteiger partial charge in [0.05, 0.1) is 6.04 Å². The minimum atomic E-state index is -1.16. The normalized spacial score (nSPS) is 15.2. The number of aliphatic carboxylic acids is 1. The number of nitrogens with two attached hydrogens (primary N) is 1. The summed E-state index contributed by atoms with van der Waals surface area (Å²) in [5.41, 5.74) is 5.76. The van der Waals surface area contributed by atoms with Crippen molar-refractivity contribution in [3.8, 4) is 0 Å². The van der Waals surface area contributed by atoms with E-state index in [9.17, 15) is 24.3 Å². The number of hydrogen-bond acceptors (Lipinski definition) is 8. The average Bonchev–Trinajstić information content (AvgIpc) is 2.65. The molecule has 0 bridgehead atoms. The largest absolute Gasteiger partial charge is 0.480 e. The summed E-state index contributed by atoms with van der Waals surface area (Å²) in [6, 6.07) is -3.91. The number of carboxylic acids is 1. The van der Waals surface area contributed by atoms with Crippen LogP contribution in [0.5, 0.6) is 0 Å². The maximum atomic E-state index is 12.4. The molecule has 0 heterocycles. The zero-order chi connectivity index (χ0) is 21.9. The van der Waals surface area contributed by atoms with Gasteiger partial charge in [0.1, 0.15) is 18.1 Å². The molecule has 6 N–H and O–H groups in total. The lowest BCUT2D eigenvalue weighted by molar-refractivity contribution is -0.142. The number of hydrogen-bond donors (Lipinski definition) is 7. The van der Waals surface area contributed by atoms with Gasteiger partial charge in [0.2, 0.25) is 17.7 Å². The minimum Gasteiger partial charge on any atom is -0.480 e. The van der Waals surface area contributed by atoms with Gasteiger partial charge < -0.3 is 26.8 Å². The predicted octanol–water partition coefficient (Wildman–Crippen LogP) is -0.879. The van der Waals surface area contributed by atoms with E-state index in [0.717, 1.165) is 0 Å². The van der Waals surface area contributed by atoms with Crippen LogP contribution < -0.4 is 21.7 Å². The molecule has 162 valence electrons. The molecular formula is C16H30N4O5S3. The molecule has 12 heteroatoms. The van der Waals surface area contributed by atoms with Crippen LogP contribution in [0, 0.1) is 5.92 Å². The summed E-state index contributed by atoms with van der Waals surface area (Å²) in [7, 11) is 0. The summed E-state index contributed by atoms with van der Waals surface area (Å²) in [5, 5.41) is 16.6. The van der Waals surface area contributed by atoms with Crippen LogP contribution in [-0.2, 0) is 19.2 Å². The fraction of sp³-hybridized carbons (Fsp3) is 0.750. The Kier molecular flexibility index (Phi) is 13.4. The van der Waals surface area contributed by atoms with E-state index in [1.807, 2.05) is 6.26 Å². The van der Waals surface area contributed by atoms with E-state index in [-0.39, 0.29) is 23.8 Å². The fourth-order valence-electron chi connectivity index (χ4n) is 2.00. The fourth-order valence-corrected chi connectivity index (χ4v) is 2.98. The number of thiol groups is 2. The lowest BCUT2D eigenvalue weighted by Gasteiger charge is -2.24. The molecule has 0 fully saturated rings. The molecule has 0 saturated carbocycles. The zero-order valence-corrected chi connectivity index (χ0v) is 18.8. The zero-order valence-electron chi connectivity index (χ0n) is 16.2. The standard InChI is InChI=1S/C16H30N4O5S3/c1-8(2)12(17)15(23)20-11(7-27)14(22)19-10(6-26)13(21)18-9(16(24)25)4-5-28-3/h8-12,26-27H,4-7,17H2,1-3H3,(H,18,21)(H,19,22)(H,20,23)(H,24,25). The van der Waals surface area contributed by atoms with E-state index >= 15 is 0 Å². The number of carbonyl (C=O) groups excluding carboxylic acids is 3. The van der Waals surface area contributed by atoms with Crippen molar-refractivity contribution in [1.82, 2.24) is 16.0 Å². The molecule has 0 aliphatic rings. The summed E-state index contributed by atoms with van der Waals surface area (Å²) >= 11 is 9.56. The Labute approximate surface area is 180 Å². The van der Waals surface area contributed by atoms with E-state index in [0.29, 0.717) is 5.75 Å². The van der Waals surface area contributed by atoms with Crippen molar-refractivity contribution in [3.63, 3.8) is 0 Å². The molecule has 0 aromatic rings. The van der Waals surface area contributed by atoms with Crippen molar-refractivity contribution in [2.75, 3.05) is 23.5 Å². The third kappa shape index (κ3) is 9.39. The van der Waals surface area contributed by atoms with E-state index in [1.165, 1.54) is 11.8 Å². The van der Waals surface area contributed by atoms with E-state index < -0.39 is 47.9 Å². The predicted molar refractivity (Wildman–Crippen MR) is 117 cm³/mol. The van der Waals surface area contributed by atoms with Gasteiger partial charge in [-0.25, -0.2) is 4.79 Å². The second-order valence-corrected chi connectivity index (χ2v) is 8.15. The van der Waals surface area contributed by atoms with E-state index in [4.69, 9.17) is 5.73 Å². The first-order valence-electron chi connectivity index (χ1n) is 8.69. The van der Waals surface area contributed by atoms with E-state index in [2.05, 4.69) is 41.2 Å². The van der Waals surface area contributed by atoms with Crippen LogP contribution in [0.15, 0.2) is 0 Å². The molecule has 0 aliphatic carbocycles. The molecule has 0 aromatic heterocycles. The highest BCUT2D eigenvalue weighted by Crippen LogP contribution is 2.03. The van der Waals surface area contributed by atoms with Crippen LogP contribution in [0.1, 0.15) is 20.3 Å². The first-order chi connectivity index (χ1) is 13.1. The van der Waals surface area contributed by atoms with Gasteiger partial charge in [-0.15, -0.1) is 0 Å². The Morgan fingerprint density at radius 3 is 1.71 bits per heavy atom. The molecule has 0 saturated heterocycles. The number of thioether (sulfide) groups is 1. The van der Waals surface area contributed by atoms with Crippen molar-refractivity contribution in [3.05, 3.63) is 0 Å². The highest BCUT2D eigenvalue weighted by molar-refractivity contribution is 7.98. The van der Waals surface area contributed by atoms with Crippen LogP contribution in [0.25, 0.3) is 0 Å². The van der Waals surface area contributed by atoms with Crippen molar-refractivity contribution in [2.24, 2.45) is 11.7 Å². The number of carbonyl (C=O) groups is 4. The van der Waals surface area contributed by atoms with Gasteiger partial charge >= 0.3 is 5.97 Å². The molecule has 4 unspecified atom stereocenters. The van der Waals surface area contributed by atoms with Gasteiger partial charge in [-0.1, -0.05) is 13.8 Å².